The van der Waals surface area contributed by atoms with Gasteiger partial charge in [-0.2, -0.15) is 5.10 Å². The van der Waals surface area contributed by atoms with E-state index in [1.165, 1.54) is 41.6 Å². The maximum atomic E-state index is 12.9. The highest BCUT2D eigenvalue weighted by atomic mass is 32.2. The first kappa shape index (κ1) is 20.7. The van der Waals surface area contributed by atoms with E-state index in [4.69, 9.17) is 9.84 Å². The SMILES string of the molecule is COc1ccc(Cn2ncc3cc(S(=O)(=O)c4csc(C(=O)O)c4)ccc3c2=O)cn1. The van der Waals surface area contributed by atoms with E-state index in [1.807, 2.05) is 0 Å². The average molecular weight is 457 g/mol. The van der Waals surface area contributed by atoms with E-state index in [0.717, 1.165) is 23.0 Å². The molecule has 0 saturated heterocycles. The number of pyridine rings is 1. The minimum absolute atomic E-state index is 0.0481. The molecule has 4 rings (SSSR count). The summed E-state index contributed by atoms with van der Waals surface area (Å²) in [7, 11) is -2.42. The first-order valence-corrected chi connectivity index (χ1v) is 11.2. The van der Waals surface area contributed by atoms with Gasteiger partial charge in [0.2, 0.25) is 15.7 Å². The lowest BCUT2D eigenvalue weighted by Gasteiger charge is -2.08. The van der Waals surface area contributed by atoms with Gasteiger partial charge in [0, 0.05) is 23.0 Å². The Morgan fingerprint density at radius 3 is 2.61 bits per heavy atom. The predicted octanol–water partition coefficient (Wildman–Crippen LogP) is 2.44. The molecule has 0 bridgehead atoms. The van der Waals surface area contributed by atoms with Gasteiger partial charge in [-0.05, 0) is 29.8 Å². The molecule has 1 aromatic carbocycles. The van der Waals surface area contributed by atoms with Gasteiger partial charge in [-0.1, -0.05) is 6.07 Å². The molecule has 0 atom stereocenters. The molecular weight excluding hydrogens is 442 g/mol. The topological polar surface area (TPSA) is 128 Å². The van der Waals surface area contributed by atoms with Crippen LogP contribution in [0.4, 0.5) is 0 Å². The maximum Gasteiger partial charge on any atom is 0.345 e. The smallest absolute Gasteiger partial charge is 0.345 e. The highest BCUT2D eigenvalue weighted by Crippen LogP contribution is 2.27. The number of fused-ring (bicyclic) bond motifs is 1. The van der Waals surface area contributed by atoms with E-state index in [1.54, 1.807) is 18.3 Å². The summed E-state index contributed by atoms with van der Waals surface area (Å²) in [5.74, 6) is -0.737. The Hall–Kier alpha value is -3.57. The van der Waals surface area contributed by atoms with Gasteiger partial charge in [-0.15, -0.1) is 11.3 Å². The van der Waals surface area contributed by atoms with Crippen molar-refractivity contribution in [2.45, 2.75) is 16.3 Å². The molecule has 0 spiro atoms. The highest BCUT2D eigenvalue weighted by molar-refractivity contribution is 7.91. The molecule has 31 heavy (non-hydrogen) atoms. The lowest BCUT2D eigenvalue weighted by molar-refractivity contribution is 0.0702. The molecule has 0 aliphatic rings. The second-order valence-electron chi connectivity index (χ2n) is 6.52. The van der Waals surface area contributed by atoms with Crippen molar-refractivity contribution >= 4 is 37.9 Å². The molecule has 1 N–H and O–H groups in total. The number of nitrogens with zero attached hydrogens (tertiary/aromatic N) is 3. The number of sulfone groups is 1. The third-order valence-electron chi connectivity index (χ3n) is 4.57. The van der Waals surface area contributed by atoms with Crippen LogP contribution < -0.4 is 10.3 Å². The zero-order chi connectivity index (χ0) is 22.2. The fraction of sp³-hybridized carbons (Fsp3) is 0.100. The van der Waals surface area contributed by atoms with Crippen molar-refractivity contribution in [2.24, 2.45) is 0 Å². The number of carboxylic acid groups (broad SMARTS) is 1. The van der Waals surface area contributed by atoms with E-state index < -0.39 is 15.8 Å². The molecule has 0 saturated carbocycles. The van der Waals surface area contributed by atoms with Crippen LogP contribution in [0.5, 0.6) is 5.88 Å². The predicted molar refractivity (Wildman–Crippen MR) is 113 cm³/mol. The Morgan fingerprint density at radius 1 is 1.16 bits per heavy atom. The number of hydrogen-bond acceptors (Lipinski definition) is 8. The number of hydrogen-bond donors (Lipinski definition) is 1. The molecule has 0 amide bonds. The van der Waals surface area contributed by atoms with Gasteiger partial charge in [-0.25, -0.2) is 22.9 Å². The van der Waals surface area contributed by atoms with Crippen molar-refractivity contribution in [3.05, 3.63) is 75.0 Å². The van der Waals surface area contributed by atoms with Crippen LogP contribution in [0.1, 0.15) is 15.2 Å². The van der Waals surface area contributed by atoms with Crippen molar-refractivity contribution < 1.29 is 23.1 Å². The molecule has 0 radical (unpaired) electrons. The number of carboxylic acids is 1. The number of benzene rings is 1. The summed E-state index contributed by atoms with van der Waals surface area (Å²) >= 11 is 0.833. The Labute approximate surface area is 180 Å². The van der Waals surface area contributed by atoms with Crippen molar-refractivity contribution in [3.8, 4) is 5.88 Å². The highest BCUT2D eigenvalue weighted by Gasteiger charge is 2.22. The summed E-state index contributed by atoms with van der Waals surface area (Å²) in [6.45, 7) is 0.193. The summed E-state index contributed by atoms with van der Waals surface area (Å²) < 4.78 is 32.0. The fourth-order valence-corrected chi connectivity index (χ4v) is 5.36. The lowest BCUT2D eigenvalue weighted by atomic mass is 10.2. The lowest BCUT2D eigenvalue weighted by Crippen LogP contribution is -2.23. The maximum absolute atomic E-state index is 12.9. The number of aromatic carboxylic acids is 1. The molecule has 4 aromatic rings. The van der Waals surface area contributed by atoms with Crippen LogP contribution in [0, 0.1) is 0 Å². The minimum Gasteiger partial charge on any atom is -0.481 e. The summed E-state index contributed by atoms with van der Waals surface area (Å²) in [5.41, 5.74) is 0.376. The van der Waals surface area contributed by atoms with E-state index in [0.29, 0.717) is 16.7 Å². The van der Waals surface area contributed by atoms with Gasteiger partial charge < -0.3 is 9.84 Å². The zero-order valence-corrected chi connectivity index (χ0v) is 17.7. The van der Waals surface area contributed by atoms with Gasteiger partial charge in [0.15, 0.2) is 0 Å². The van der Waals surface area contributed by atoms with E-state index >= 15 is 0 Å². The third-order valence-corrected chi connectivity index (χ3v) is 7.37. The van der Waals surface area contributed by atoms with E-state index in [2.05, 4.69) is 10.1 Å². The zero-order valence-electron chi connectivity index (χ0n) is 16.0. The number of carbonyl (C=O) groups is 1. The van der Waals surface area contributed by atoms with Gasteiger partial charge in [0.25, 0.3) is 5.56 Å². The first-order valence-electron chi connectivity index (χ1n) is 8.85. The first-order chi connectivity index (χ1) is 14.8. The molecule has 0 fully saturated rings. The van der Waals surface area contributed by atoms with Crippen molar-refractivity contribution in [3.63, 3.8) is 0 Å². The second kappa shape index (κ2) is 7.93. The van der Waals surface area contributed by atoms with Crippen LogP contribution in [-0.4, -0.2) is 41.4 Å². The van der Waals surface area contributed by atoms with Crippen LogP contribution in [0.15, 0.2) is 68.8 Å². The Morgan fingerprint density at radius 2 is 1.97 bits per heavy atom. The molecule has 9 nitrogen and oxygen atoms in total. The van der Waals surface area contributed by atoms with Gasteiger partial charge in [0.05, 0.1) is 35.0 Å². The van der Waals surface area contributed by atoms with Gasteiger partial charge >= 0.3 is 5.97 Å². The number of rotatable bonds is 6. The number of thiophene rings is 1. The van der Waals surface area contributed by atoms with Crippen LogP contribution in [0.25, 0.3) is 10.8 Å². The van der Waals surface area contributed by atoms with E-state index in [9.17, 15) is 18.0 Å². The molecule has 3 aromatic heterocycles. The Bertz CT molecular complexity index is 1460. The number of aromatic nitrogens is 3. The van der Waals surface area contributed by atoms with Gasteiger partial charge in [-0.3, -0.25) is 4.79 Å². The largest absolute Gasteiger partial charge is 0.481 e. The number of methoxy groups -OCH3 is 1. The molecule has 3 heterocycles. The minimum atomic E-state index is -3.93. The Balaban J connectivity index is 1.69. The molecular formula is C20H15N3O6S2. The molecule has 11 heteroatoms. The Kier molecular flexibility index (Phi) is 5.29. The van der Waals surface area contributed by atoms with Crippen LogP contribution >= 0.6 is 11.3 Å². The number of ether oxygens (including phenoxy) is 1. The standard InChI is InChI=1S/C20H15N3O6S2/c1-29-18-5-2-12(8-21-18)10-23-19(24)16-4-3-14(6-13(16)9-22-23)31(27,28)15-7-17(20(25)26)30-11-15/h2-9,11H,10H2,1H3,(H,25,26). The van der Waals surface area contributed by atoms with E-state index in [-0.39, 0.29) is 26.8 Å². The second-order valence-corrected chi connectivity index (χ2v) is 9.38. The molecule has 158 valence electrons. The van der Waals surface area contributed by atoms with Gasteiger partial charge in [0.1, 0.15) is 4.88 Å². The van der Waals surface area contributed by atoms with Crippen LogP contribution in [0.2, 0.25) is 0 Å². The average Bonchev–Trinajstić information content (AvgIpc) is 3.28. The monoisotopic (exact) mass is 457 g/mol. The fourth-order valence-electron chi connectivity index (χ4n) is 2.95. The molecule has 0 aliphatic carbocycles. The summed E-state index contributed by atoms with van der Waals surface area (Å²) in [5, 5.41) is 15.1. The third kappa shape index (κ3) is 3.92. The molecule has 0 unspecified atom stereocenters. The van der Waals surface area contributed by atoms with Crippen molar-refractivity contribution in [1.29, 1.82) is 0 Å². The molecule has 0 aliphatic heterocycles. The normalized spacial score (nSPS) is 11.5. The van der Waals surface area contributed by atoms with Crippen molar-refractivity contribution in [1.82, 2.24) is 14.8 Å². The van der Waals surface area contributed by atoms with Crippen LogP contribution in [-0.2, 0) is 16.4 Å². The quantitative estimate of drug-likeness (QED) is 0.467. The summed E-state index contributed by atoms with van der Waals surface area (Å²) in [6, 6.07) is 8.68. The van der Waals surface area contributed by atoms with Crippen molar-refractivity contribution in [2.75, 3.05) is 7.11 Å². The summed E-state index contributed by atoms with van der Waals surface area (Å²) in [6.07, 6.45) is 3.00. The van der Waals surface area contributed by atoms with Crippen LogP contribution in [0.3, 0.4) is 0 Å². The summed E-state index contributed by atoms with van der Waals surface area (Å²) in [4.78, 5) is 27.7.